The third-order valence-electron chi connectivity index (χ3n) is 2.59. The maximum Gasteiger partial charge on any atom is 0.331 e. The number of imidazole rings is 1. The summed E-state index contributed by atoms with van der Waals surface area (Å²) in [6.45, 7) is 1.85. The largest absolute Gasteiger partial charge is 0.491 e. The van der Waals surface area contributed by atoms with Crippen molar-refractivity contribution in [3.05, 3.63) is 46.4 Å². The summed E-state index contributed by atoms with van der Waals surface area (Å²) in [5.74, 6) is -0.105. The van der Waals surface area contributed by atoms with Gasteiger partial charge in [0.05, 0.1) is 0 Å². The lowest BCUT2D eigenvalue weighted by Gasteiger charge is -2.14. The molecule has 0 aliphatic heterocycles. The van der Waals surface area contributed by atoms with Crippen molar-refractivity contribution >= 4 is 0 Å². The molecule has 5 heteroatoms. The lowest BCUT2D eigenvalue weighted by Crippen LogP contribution is -2.14. The molecule has 0 unspecified atom stereocenters. The first-order valence-corrected chi connectivity index (χ1v) is 5.29. The van der Waals surface area contributed by atoms with Gasteiger partial charge in [0.25, 0.3) is 11.8 Å². The molecule has 0 spiro atoms. The van der Waals surface area contributed by atoms with E-state index in [2.05, 4.69) is 4.98 Å². The molecule has 17 heavy (non-hydrogen) atoms. The summed E-state index contributed by atoms with van der Waals surface area (Å²) in [5, 5.41) is 9.51. The Hall–Kier alpha value is -2.17. The van der Waals surface area contributed by atoms with Crippen LogP contribution in [-0.2, 0) is 7.05 Å². The number of hydrogen-bond donors (Lipinski definition) is 2. The van der Waals surface area contributed by atoms with E-state index in [0.717, 1.165) is 5.56 Å². The number of nitrogens with one attached hydrogen (secondary N) is 1. The molecule has 1 aromatic heterocycles. The average Bonchev–Trinajstić information content (AvgIpc) is 2.57. The third kappa shape index (κ3) is 2.18. The maximum atomic E-state index is 11.2. The first kappa shape index (κ1) is 11.3. The molecular weight excluding hydrogens is 220 g/mol. The number of H-pyrrole nitrogens is 1. The highest BCUT2D eigenvalue weighted by atomic mass is 16.5. The van der Waals surface area contributed by atoms with Gasteiger partial charge in [0.1, 0.15) is 6.10 Å². The first-order valence-electron chi connectivity index (χ1n) is 5.29. The van der Waals surface area contributed by atoms with Crippen LogP contribution in [0.25, 0.3) is 0 Å². The normalized spacial score (nSPS) is 12.4. The summed E-state index contributed by atoms with van der Waals surface area (Å²) in [6, 6.07) is 9.58. The summed E-state index contributed by atoms with van der Waals surface area (Å²) in [5.41, 5.74) is 0.568. The van der Waals surface area contributed by atoms with Crippen molar-refractivity contribution in [1.29, 1.82) is 0 Å². The van der Waals surface area contributed by atoms with E-state index in [0.29, 0.717) is 0 Å². The molecule has 1 atom stereocenters. The molecule has 1 aromatic carbocycles. The van der Waals surface area contributed by atoms with Crippen LogP contribution in [0.3, 0.4) is 0 Å². The number of rotatable bonds is 3. The Morgan fingerprint density at radius 3 is 2.53 bits per heavy atom. The van der Waals surface area contributed by atoms with Crippen molar-refractivity contribution in [2.24, 2.45) is 7.05 Å². The number of aromatic hydroxyl groups is 1. The zero-order valence-electron chi connectivity index (χ0n) is 9.68. The highest BCUT2D eigenvalue weighted by molar-refractivity contribution is 5.26. The van der Waals surface area contributed by atoms with Gasteiger partial charge in [0.15, 0.2) is 0 Å². The van der Waals surface area contributed by atoms with Crippen molar-refractivity contribution in [2.45, 2.75) is 13.0 Å². The van der Waals surface area contributed by atoms with Gasteiger partial charge in [0.2, 0.25) is 0 Å². The SMILES string of the molecule is C[C@H](Oc1c(O)[nH]c(=O)n1C)c1ccccc1. The highest BCUT2D eigenvalue weighted by Crippen LogP contribution is 2.26. The molecule has 0 radical (unpaired) electrons. The highest BCUT2D eigenvalue weighted by Gasteiger charge is 2.15. The summed E-state index contributed by atoms with van der Waals surface area (Å²) in [6.07, 6.45) is -0.247. The second kappa shape index (κ2) is 4.37. The van der Waals surface area contributed by atoms with E-state index < -0.39 is 5.69 Å². The van der Waals surface area contributed by atoms with Gasteiger partial charge in [-0.3, -0.25) is 9.55 Å². The van der Waals surface area contributed by atoms with E-state index >= 15 is 0 Å². The number of ether oxygens (including phenoxy) is 1. The number of hydrogen-bond acceptors (Lipinski definition) is 3. The van der Waals surface area contributed by atoms with E-state index in [-0.39, 0.29) is 17.9 Å². The van der Waals surface area contributed by atoms with Crippen LogP contribution >= 0.6 is 0 Å². The van der Waals surface area contributed by atoms with Crippen LogP contribution in [0.1, 0.15) is 18.6 Å². The molecular formula is C12H14N2O3. The van der Waals surface area contributed by atoms with Crippen molar-refractivity contribution < 1.29 is 9.84 Å². The number of benzene rings is 1. The van der Waals surface area contributed by atoms with E-state index in [1.807, 2.05) is 37.3 Å². The Morgan fingerprint density at radius 1 is 1.35 bits per heavy atom. The van der Waals surface area contributed by atoms with Gasteiger partial charge in [-0.15, -0.1) is 0 Å². The monoisotopic (exact) mass is 234 g/mol. The molecule has 90 valence electrons. The first-order chi connectivity index (χ1) is 8.09. The minimum absolute atomic E-state index is 0.145. The van der Waals surface area contributed by atoms with Gasteiger partial charge < -0.3 is 9.84 Å². The van der Waals surface area contributed by atoms with Crippen molar-refractivity contribution in [3.8, 4) is 11.8 Å². The summed E-state index contributed by atoms with van der Waals surface area (Å²) < 4.78 is 6.80. The molecule has 0 fully saturated rings. The summed E-state index contributed by atoms with van der Waals surface area (Å²) in [4.78, 5) is 13.5. The van der Waals surface area contributed by atoms with Crippen molar-refractivity contribution in [3.63, 3.8) is 0 Å². The van der Waals surface area contributed by atoms with Crippen LogP contribution in [0.2, 0.25) is 0 Å². The molecule has 0 amide bonds. The molecule has 0 saturated carbocycles. The predicted octanol–water partition coefficient (Wildman–Crippen LogP) is 1.56. The van der Waals surface area contributed by atoms with Crippen LogP contribution in [0.4, 0.5) is 0 Å². The van der Waals surface area contributed by atoms with E-state index in [4.69, 9.17) is 4.74 Å². The van der Waals surface area contributed by atoms with Crippen molar-refractivity contribution in [2.75, 3.05) is 0 Å². The molecule has 0 aliphatic carbocycles. The van der Waals surface area contributed by atoms with E-state index in [1.54, 1.807) is 0 Å². The summed E-state index contributed by atoms with van der Waals surface area (Å²) in [7, 11) is 1.53. The fourth-order valence-corrected chi connectivity index (χ4v) is 1.58. The number of nitrogens with zero attached hydrogens (tertiary/aromatic N) is 1. The van der Waals surface area contributed by atoms with Crippen LogP contribution in [-0.4, -0.2) is 14.7 Å². The van der Waals surface area contributed by atoms with Gasteiger partial charge in [-0.25, -0.2) is 4.79 Å². The lowest BCUT2D eigenvalue weighted by molar-refractivity contribution is 0.200. The fourth-order valence-electron chi connectivity index (χ4n) is 1.58. The van der Waals surface area contributed by atoms with Crippen LogP contribution in [0.5, 0.6) is 11.8 Å². The molecule has 0 saturated heterocycles. The van der Waals surface area contributed by atoms with Crippen molar-refractivity contribution in [1.82, 2.24) is 9.55 Å². The van der Waals surface area contributed by atoms with Gasteiger partial charge in [0, 0.05) is 7.05 Å². The topological polar surface area (TPSA) is 67.2 Å². The quantitative estimate of drug-likeness (QED) is 0.846. The molecule has 0 aliphatic rings. The Balaban J connectivity index is 2.25. The second-order valence-electron chi connectivity index (χ2n) is 3.81. The lowest BCUT2D eigenvalue weighted by atomic mass is 10.1. The molecule has 2 rings (SSSR count). The second-order valence-corrected chi connectivity index (χ2v) is 3.81. The minimum atomic E-state index is -0.405. The van der Waals surface area contributed by atoms with Crippen LogP contribution < -0.4 is 10.4 Å². The van der Waals surface area contributed by atoms with Crippen LogP contribution in [0.15, 0.2) is 35.1 Å². The standard InChI is InChI=1S/C12H14N2O3/c1-8(9-6-4-3-5-7-9)17-11-10(15)13-12(16)14(11)2/h3-8,15H,1-2H3,(H,13,16)/t8-/m0/s1. The molecule has 0 bridgehead atoms. The number of aromatic amines is 1. The molecule has 2 N–H and O–H groups in total. The van der Waals surface area contributed by atoms with Gasteiger partial charge >= 0.3 is 5.69 Å². The Morgan fingerprint density at radius 2 is 2.00 bits per heavy atom. The van der Waals surface area contributed by atoms with Gasteiger partial charge in [-0.1, -0.05) is 30.3 Å². The van der Waals surface area contributed by atoms with Crippen LogP contribution in [0, 0.1) is 0 Å². The summed E-state index contributed by atoms with van der Waals surface area (Å²) >= 11 is 0. The Labute approximate surface area is 98.3 Å². The zero-order valence-corrected chi connectivity index (χ0v) is 9.68. The van der Waals surface area contributed by atoms with Gasteiger partial charge in [-0.2, -0.15) is 0 Å². The molecule has 5 nitrogen and oxygen atoms in total. The maximum absolute atomic E-state index is 11.2. The fraction of sp³-hybridized carbons (Fsp3) is 0.250. The molecule has 1 heterocycles. The third-order valence-corrected chi connectivity index (χ3v) is 2.59. The smallest absolute Gasteiger partial charge is 0.331 e. The van der Waals surface area contributed by atoms with E-state index in [1.165, 1.54) is 11.6 Å². The predicted molar refractivity (Wildman–Crippen MR) is 63.2 cm³/mol. The van der Waals surface area contributed by atoms with E-state index in [9.17, 15) is 9.90 Å². The zero-order chi connectivity index (χ0) is 12.4. The Bertz CT molecular complexity index is 557. The minimum Gasteiger partial charge on any atom is -0.491 e. The number of aromatic nitrogens is 2. The average molecular weight is 234 g/mol. The Kier molecular flexibility index (Phi) is 2.91. The van der Waals surface area contributed by atoms with Gasteiger partial charge in [-0.05, 0) is 12.5 Å². The molecule has 2 aromatic rings.